The van der Waals surface area contributed by atoms with E-state index in [1.807, 2.05) is 43.0 Å². The smallest absolute Gasteiger partial charge is 0.497 e. The average molecular weight is 965 g/mol. The summed E-state index contributed by atoms with van der Waals surface area (Å²) in [5.74, 6) is 2.64. The molecule has 7 heteroatoms. The summed E-state index contributed by atoms with van der Waals surface area (Å²) in [5.41, 5.74) is 13.8. The molecule has 0 aliphatic rings. The van der Waals surface area contributed by atoms with E-state index in [1.54, 1.807) is 0 Å². The molecular formula is C53H47N5OPt. The molecule has 0 aliphatic heterocycles. The SMILES string of the molecule is CC(C)c1cccc(C(C)C)c1-c1ccc2c(c1)c1ccc(Oc3[c-]c4c(cc3)c3cccnc3n3c(-c5c(C(C)C)cccc5C(C)C)cnc43)[c-]c1c1nccn21.[Pt+2]. The first-order valence-electron chi connectivity index (χ1n) is 20.9. The van der Waals surface area contributed by atoms with Crippen LogP contribution in [-0.2, 0) is 21.1 Å². The summed E-state index contributed by atoms with van der Waals surface area (Å²) in [5, 5.41) is 6.06. The predicted molar refractivity (Wildman–Crippen MR) is 243 cm³/mol. The summed E-state index contributed by atoms with van der Waals surface area (Å²) >= 11 is 0. The van der Waals surface area contributed by atoms with Crippen molar-refractivity contribution in [2.75, 3.05) is 0 Å². The number of nitrogens with zero attached hydrogens (tertiary/aromatic N) is 5. The third-order valence-corrected chi connectivity index (χ3v) is 12.0. The third-order valence-electron chi connectivity index (χ3n) is 12.0. The van der Waals surface area contributed by atoms with Gasteiger partial charge in [-0.15, -0.1) is 12.1 Å². The van der Waals surface area contributed by atoms with E-state index in [9.17, 15) is 0 Å². The number of imidazole rings is 2. The average Bonchev–Trinajstić information content (AvgIpc) is 3.92. The third kappa shape index (κ3) is 6.30. The van der Waals surface area contributed by atoms with Crippen LogP contribution in [0.5, 0.6) is 11.5 Å². The standard InChI is InChI=1S/C53H47N5O.Pt/c1-30(2)37-12-9-13-38(31(3)4)49(37)34-17-22-47-44(26-34)42-21-19-35(27-45(42)51-55-24-25-57(47)51)59-36-18-20-41-43-16-11-23-54-52(43)58-48(29-56-53(58)46(41)28-36)50-39(32(5)6)14-10-15-40(50)33(7)8;/h9-26,29-33H,1-8H3;/q-2;+2. The zero-order valence-electron chi connectivity index (χ0n) is 35.2. The van der Waals surface area contributed by atoms with Gasteiger partial charge in [0, 0.05) is 47.4 Å². The molecule has 6 nitrogen and oxygen atoms in total. The number of fused-ring (bicyclic) bond motifs is 12. The Morgan fingerprint density at radius 1 is 0.517 bits per heavy atom. The van der Waals surface area contributed by atoms with Crippen LogP contribution in [0, 0.1) is 12.1 Å². The normalized spacial score (nSPS) is 12.1. The number of hydrogen-bond acceptors (Lipinski definition) is 4. The zero-order valence-corrected chi connectivity index (χ0v) is 37.5. The molecule has 0 bridgehead atoms. The molecule has 0 fully saturated rings. The first-order valence-corrected chi connectivity index (χ1v) is 20.9. The van der Waals surface area contributed by atoms with Gasteiger partial charge in [-0.05, 0) is 80.0 Å². The van der Waals surface area contributed by atoms with Gasteiger partial charge < -0.3 is 13.5 Å². The fourth-order valence-electron chi connectivity index (χ4n) is 9.22. The van der Waals surface area contributed by atoms with Gasteiger partial charge in [-0.1, -0.05) is 156 Å². The van der Waals surface area contributed by atoms with Gasteiger partial charge in [0.15, 0.2) is 0 Å². The van der Waals surface area contributed by atoms with Crippen LogP contribution in [0.25, 0.3) is 77.2 Å². The minimum absolute atomic E-state index is 0. The van der Waals surface area contributed by atoms with Gasteiger partial charge in [0.25, 0.3) is 0 Å². The van der Waals surface area contributed by atoms with Crippen molar-refractivity contribution in [3.05, 3.63) is 150 Å². The van der Waals surface area contributed by atoms with Gasteiger partial charge in [0.05, 0.1) is 17.0 Å². The molecule has 0 radical (unpaired) electrons. The molecule has 0 unspecified atom stereocenters. The first kappa shape index (κ1) is 39.6. The van der Waals surface area contributed by atoms with E-state index in [0.717, 1.165) is 60.5 Å². The number of pyridine rings is 3. The summed E-state index contributed by atoms with van der Waals surface area (Å²) in [4.78, 5) is 14.9. The number of rotatable bonds is 8. The van der Waals surface area contributed by atoms with E-state index in [4.69, 9.17) is 19.7 Å². The van der Waals surface area contributed by atoms with Crippen LogP contribution in [0.15, 0.2) is 116 Å². The molecule has 0 amide bonds. The Morgan fingerprint density at radius 2 is 1.08 bits per heavy atom. The maximum absolute atomic E-state index is 6.66. The second-order valence-corrected chi connectivity index (χ2v) is 17.1. The van der Waals surface area contributed by atoms with Crippen molar-refractivity contribution in [3.8, 4) is 33.9 Å². The zero-order chi connectivity index (χ0) is 40.7. The number of ether oxygens (including phenoxy) is 1. The molecule has 10 aromatic rings. The predicted octanol–water partition coefficient (Wildman–Crippen LogP) is 14.2. The molecule has 0 spiro atoms. The van der Waals surface area contributed by atoms with Crippen LogP contribution < -0.4 is 4.74 Å². The first-order chi connectivity index (χ1) is 28.6. The molecule has 0 saturated heterocycles. The Kier molecular flexibility index (Phi) is 10.1. The maximum Gasteiger partial charge on any atom is 2.00 e. The van der Waals surface area contributed by atoms with Gasteiger partial charge >= 0.3 is 21.1 Å². The molecule has 0 atom stereocenters. The second kappa shape index (κ2) is 15.3. The number of aromatic nitrogens is 5. The molecule has 0 aliphatic carbocycles. The summed E-state index contributed by atoms with van der Waals surface area (Å²) in [6.07, 6.45) is 7.76. The van der Waals surface area contributed by atoms with E-state index in [-0.39, 0.29) is 21.1 Å². The van der Waals surface area contributed by atoms with E-state index >= 15 is 0 Å². The van der Waals surface area contributed by atoms with Gasteiger partial charge in [0.2, 0.25) is 0 Å². The molecule has 60 heavy (non-hydrogen) atoms. The van der Waals surface area contributed by atoms with Crippen LogP contribution >= 0.6 is 0 Å². The molecule has 5 aromatic heterocycles. The molecule has 0 saturated carbocycles. The van der Waals surface area contributed by atoms with Crippen molar-refractivity contribution >= 4 is 54.8 Å². The molecule has 5 aromatic carbocycles. The summed E-state index contributed by atoms with van der Waals surface area (Å²) < 4.78 is 11.0. The Hall–Kier alpha value is -5.84. The van der Waals surface area contributed by atoms with Gasteiger partial charge in [-0.3, -0.25) is 9.97 Å². The summed E-state index contributed by atoms with van der Waals surface area (Å²) in [7, 11) is 0. The topological polar surface area (TPSA) is 56.7 Å². The minimum Gasteiger partial charge on any atom is -0.497 e. The Balaban J connectivity index is 0.00000462. The van der Waals surface area contributed by atoms with E-state index < -0.39 is 0 Å². The molecular weight excluding hydrogens is 918 g/mol. The van der Waals surface area contributed by atoms with Crippen LogP contribution in [-0.4, -0.2) is 23.8 Å². The number of hydrogen-bond donors (Lipinski definition) is 0. The number of benzene rings is 5. The summed E-state index contributed by atoms with van der Waals surface area (Å²) in [6.45, 7) is 18.1. The Labute approximate surface area is 365 Å². The molecule has 300 valence electrons. The van der Waals surface area contributed by atoms with E-state index in [0.29, 0.717) is 35.2 Å². The van der Waals surface area contributed by atoms with Crippen molar-refractivity contribution < 1.29 is 25.8 Å². The van der Waals surface area contributed by atoms with Crippen LogP contribution in [0.4, 0.5) is 0 Å². The van der Waals surface area contributed by atoms with Crippen molar-refractivity contribution in [2.45, 2.75) is 79.1 Å². The van der Waals surface area contributed by atoms with Crippen LogP contribution in [0.2, 0.25) is 0 Å². The van der Waals surface area contributed by atoms with Gasteiger partial charge in [-0.25, -0.2) is 4.98 Å². The van der Waals surface area contributed by atoms with Crippen LogP contribution in [0.3, 0.4) is 0 Å². The monoisotopic (exact) mass is 964 g/mol. The van der Waals surface area contributed by atoms with Crippen molar-refractivity contribution in [1.29, 1.82) is 0 Å². The molecule has 0 N–H and O–H groups in total. The fourth-order valence-corrected chi connectivity index (χ4v) is 9.22. The van der Waals surface area contributed by atoms with E-state index in [2.05, 4.69) is 149 Å². The van der Waals surface area contributed by atoms with Gasteiger partial charge in [-0.2, -0.15) is 0 Å². The van der Waals surface area contributed by atoms with Gasteiger partial charge in [0.1, 0.15) is 5.65 Å². The molecule has 5 heterocycles. The fraction of sp³-hybridized carbons (Fsp3) is 0.226. The Morgan fingerprint density at radius 3 is 1.70 bits per heavy atom. The Bertz CT molecular complexity index is 3230. The van der Waals surface area contributed by atoms with Crippen LogP contribution in [0.1, 0.15) is 101 Å². The largest absolute Gasteiger partial charge is 2.00 e. The molecule has 10 rings (SSSR count). The minimum atomic E-state index is 0. The second-order valence-electron chi connectivity index (χ2n) is 17.1. The maximum atomic E-state index is 6.66. The summed E-state index contributed by atoms with van der Waals surface area (Å²) in [6, 6.07) is 39.9. The quantitative estimate of drug-likeness (QED) is 0.112. The van der Waals surface area contributed by atoms with E-state index in [1.165, 1.54) is 38.9 Å². The van der Waals surface area contributed by atoms with Crippen molar-refractivity contribution in [2.24, 2.45) is 0 Å². The van der Waals surface area contributed by atoms with Crippen molar-refractivity contribution in [3.63, 3.8) is 0 Å². The van der Waals surface area contributed by atoms with Crippen molar-refractivity contribution in [1.82, 2.24) is 23.8 Å².